The zero-order valence-electron chi connectivity index (χ0n) is 10.6. The van der Waals surface area contributed by atoms with Gasteiger partial charge in [0.05, 0.1) is 16.5 Å². The topological polar surface area (TPSA) is 73.0 Å². The molecule has 0 aliphatic carbocycles. The van der Waals surface area contributed by atoms with Crippen LogP contribution in [0.4, 0.5) is 0 Å². The Morgan fingerprint density at radius 1 is 1.61 bits per heavy atom. The van der Waals surface area contributed by atoms with E-state index >= 15 is 0 Å². The second-order valence-corrected chi connectivity index (χ2v) is 8.50. The number of hydrogen-bond acceptors (Lipinski definition) is 5. The van der Waals surface area contributed by atoms with Gasteiger partial charge in [-0.05, 0) is 25.3 Å². The third kappa shape index (κ3) is 3.52. The van der Waals surface area contributed by atoms with E-state index in [2.05, 4.69) is 11.9 Å². The summed E-state index contributed by atoms with van der Waals surface area (Å²) in [5, 5.41) is 1.05. The van der Waals surface area contributed by atoms with Crippen molar-refractivity contribution in [1.82, 2.24) is 4.98 Å². The molecule has 2 atom stereocenters. The summed E-state index contributed by atoms with van der Waals surface area (Å²) in [7, 11) is -2.81. The van der Waals surface area contributed by atoms with Crippen LogP contribution < -0.4 is 5.73 Å². The van der Waals surface area contributed by atoms with Crippen LogP contribution in [0.2, 0.25) is 0 Å². The van der Waals surface area contributed by atoms with Gasteiger partial charge in [0.1, 0.15) is 0 Å². The highest BCUT2D eigenvalue weighted by Crippen LogP contribution is 2.27. The molecular formula is C12H20N2O2S2. The number of sulfone groups is 1. The van der Waals surface area contributed by atoms with Crippen LogP contribution in [0.3, 0.4) is 0 Å². The fourth-order valence-corrected chi connectivity index (χ4v) is 5.16. The summed E-state index contributed by atoms with van der Waals surface area (Å²) in [4.78, 5) is 5.60. The predicted octanol–water partition coefficient (Wildman–Crippen LogP) is 1.57. The van der Waals surface area contributed by atoms with Gasteiger partial charge < -0.3 is 5.73 Å². The van der Waals surface area contributed by atoms with Gasteiger partial charge in [0, 0.05) is 23.4 Å². The van der Waals surface area contributed by atoms with Gasteiger partial charge in [0.15, 0.2) is 9.84 Å². The Morgan fingerprint density at radius 3 is 3.06 bits per heavy atom. The van der Waals surface area contributed by atoms with Gasteiger partial charge in [0.2, 0.25) is 0 Å². The molecule has 4 nitrogen and oxygen atoms in total. The third-order valence-corrected chi connectivity index (χ3v) is 6.57. The standard InChI is InChI=1S/C12H20N2O2S2/c1-9(6-13)11-7-14-12(17-11)5-10-3-2-4-18(15,16)8-10/h7,9-10H,2-6,8,13H2,1H3. The molecule has 1 aliphatic rings. The van der Waals surface area contributed by atoms with E-state index in [1.165, 1.54) is 4.88 Å². The van der Waals surface area contributed by atoms with Gasteiger partial charge in [-0.1, -0.05) is 6.92 Å². The van der Waals surface area contributed by atoms with Crippen LogP contribution in [0.25, 0.3) is 0 Å². The quantitative estimate of drug-likeness (QED) is 0.913. The summed E-state index contributed by atoms with van der Waals surface area (Å²) < 4.78 is 23.2. The normalized spacial score (nSPS) is 24.9. The predicted molar refractivity (Wildman–Crippen MR) is 74.7 cm³/mol. The lowest BCUT2D eigenvalue weighted by atomic mass is 10.0. The Hall–Kier alpha value is -0.460. The lowest BCUT2D eigenvalue weighted by molar-refractivity contribution is 0.483. The number of nitrogens with two attached hydrogens (primary N) is 1. The zero-order valence-corrected chi connectivity index (χ0v) is 12.3. The minimum absolute atomic E-state index is 0.246. The maximum Gasteiger partial charge on any atom is 0.150 e. The monoisotopic (exact) mass is 288 g/mol. The van der Waals surface area contributed by atoms with Gasteiger partial charge in [0.25, 0.3) is 0 Å². The summed E-state index contributed by atoms with van der Waals surface area (Å²) in [6, 6.07) is 0. The first kappa shape index (κ1) is 14.0. The number of aromatic nitrogens is 1. The zero-order chi connectivity index (χ0) is 13.2. The van der Waals surface area contributed by atoms with Crippen molar-refractivity contribution in [3.63, 3.8) is 0 Å². The molecule has 1 aromatic rings. The lowest BCUT2D eigenvalue weighted by Gasteiger charge is -2.20. The summed E-state index contributed by atoms with van der Waals surface area (Å²) in [5.74, 6) is 1.27. The van der Waals surface area contributed by atoms with E-state index in [1.54, 1.807) is 11.3 Å². The maximum absolute atomic E-state index is 11.6. The summed E-state index contributed by atoms with van der Waals surface area (Å²) in [6.07, 6.45) is 4.47. The van der Waals surface area contributed by atoms with Crippen molar-refractivity contribution in [1.29, 1.82) is 0 Å². The van der Waals surface area contributed by atoms with E-state index in [0.717, 1.165) is 24.3 Å². The van der Waals surface area contributed by atoms with Crippen molar-refractivity contribution < 1.29 is 8.42 Å². The molecule has 0 bridgehead atoms. The Kier molecular flexibility index (Phi) is 4.40. The maximum atomic E-state index is 11.6. The van der Waals surface area contributed by atoms with Crippen LogP contribution in [0.15, 0.2) is 6.20 Å². The molecule has 1 aliphatic heterocycles. The molecule has 2 unspecified atom stereocenters. The van der Waals surface area contributed by atoms with E-state index in [1.807, 2.05) is 6.20 Å². The van der Waals surface area contributed by atoms with Crippen LogP contribution in [0.5, 0.6) is 0 Å². The molecule has 2 N–H and O–H groups in total. The highest BCUT2D eigenvalue weighted by atomic mass is 32.2. The van der Waals surface area contributed by atoms with Gasteiger partial charge in [-0.3, -0.25) is 0 Å². The lowest BCUT2D eigenvalue weighted by Crippen LogP contribution is -2.26. The van der Waals surface area contributed by atoms with Crippen LogP contribution in [0, 0.1) is 5.92 Å². The average Bonchev–Trinajstić information content (AvgIpc) is 2.75. The van der Waals surface area contributed by atoms with Gasteiger partial charge in [-0.15, -0.1) is 11.3 Å². The molecular weight excluding hydrogens is 268 g/mol. The van der Waals surface area contributed by atoms with Crippen molar-refractivity contribution in [2.24, 2.45) is 11.7 Å². The van der Waals surface area contributed by atoms with Crippen molar-refractivity contribution in [2.45, 2.75) is 32.1 Å². The smallest absolute Gasteiger partial charge is 0.150 e. The molecule has 0 amide bonds. The van der Waals surface area contributed by atoms with Crippen molar-refractivity contribution in [3.05, 3.63) is 16.1 Å². The van der Waals surface area contributed by atoms with Crippen molar-refractivity contribution >= 4 is 21.2 Å². The van der Waals surface area contributed by atoms with Crippen LogP contribution >= 0.6 is 11.3 Å². The number of thiazole rings is 1. The molecule has 0 radical (unpaired) electrons. The fraction of sp³-hybridized carbons (Fsp3) is 0.750. The van der Waals surface area contributed by atoms with Crippen molar-refractivity contribution in [3.8, 4) is 0 Å². The molecule has 1 saturated heterocycles. The minimum atomic E-state index is -2.81. The number of nitrogens with zero attached hydrogens (tertiary/aromatic N) is 1. The number of rotatable bonds is 4. The number of hydrogen-bond donors (Lipinski definition) is 1. The molecule has 1 aromatic heterocycles. The summed E-state index contributed by atoms with van der Waals surface area (Å²) in [5.41, 5.74) is 5.63. The van der Waals surface area contributed by atoms with Gasteiger partial charge in [-0.25, -0.2) is 13.4 Å². The van der Waals surface area contributed by atoms with E-state index < -0.39 is 9.84 Å². The Labute approximate surface area is 113 Å². The van der Waals surface area contributed by atoms with Crippen LogP contribution in [-0.2, 0) is 16.3 Å². The molecule has 0 aromatic carbocycles. The Morgan fingerprint density at radius 2 is 2.39 bits per heavy atom. The van der Waals surface area contributed by atoms with E-state index in [0.29, 0.717) is 24.0 Å². The van der Waals surface area contributed by atoms with E-state index in [9.17, 15) is 8.42 Å². The molecule has 1 fully saturated rings. The second kappa shape index (κ2) is 5.67. The van der Waals surface area contributed by atoms with Gasteiger partial charge in [-0.2, -0.15) is 0 Å². The molecule has 2 heterocycles. The Bertz CT molecular complexity index is 496. The molecule has 2 rings (SSSR count). The molecule has 0 saturated carbocycles. The molecule has 0 spiro atoms. The molecule has 6 heteroatoms. The Balaban J connectivity index is 1.99. The second-order valence-electron chi connectivity index (χ2n) is 5.12. The summed E-state index contributed by atoms with van der Waals surface area (Å²) in [6.45, 7) is 2.71. The first-order valence-corrected chi connectivity index (χ1v) is 8.99. The fourth-order valence-electron chi connectivity index (χ4n) is 2.29. The van der Waals surface area contributed by atoms with Crippen molar-refractivity contribution in [2.75, 3.05) is 18.1 Å². The highest BCUT2D eigenvalue weighted by molar-refractivity contribution is 7.91. The minimum Gasteiger partial charge on any atom is -0.330 e. The summed E-state index contributed by atoms with van der Waals surface area (Å²) >= 11 is 1.67. The average molecular weight is 288 g/mol. The SMILES string of the molecule is CC(CN)c1cnc(CC2CCCS(=O)(=O)C2)s1. The first-order valence-electron chi connectivity index (χ1n) is 6.35. The third-order valence-electron chi connectivity index (χ3n) is 3.43. The van der Waals surface area contributed by atoms with Gasteiger partial charge >= 0.3 is 0 Å². The first-order chi connectivity index (χ1) is 8.50. The molecule has 18 heavy (non-hydrogen) atoms. The van der Waals surface area contributed by atoms with E-state index in [4.69, 9.17) is 5.73 Å². The van der Waals surface area contributed by atoms with E-state index in [-0.39, 0.29) is 5.92 Å². The molecule has 102 valence electrons. The largest absolute Gasteiger partial charge is 0.330 e. The van der Waals surface area contributed by atoms with Crippen LogP contribution in [-0.4, -0.2) is 31.5 Å². The highest BCUT2D eigenvalue weighted by Gasteiger charge is 2.25. The van der Waals surface area contributed by atoms with Crippen LogP contribution in [0.1, 0.15) is 35.6 Å².